The van der Waals surface area contributed by atoms with Crippen molar-refractivity contribution >= 4 is 49.1 Å². The molecule has 0 amide bonds. The van der Waals surface area contributed by atoms with Crippen LogP contribution in [0, 0.1) is 0 Å². The fourth-order valence-corrected chi connectivity index (χ4v) is 3.08. The minimum absolute atomic E-state index is 0.787. The van der Waals surface area contributed by atoms with Crippen molar-refractivity contribution in [3.8, 4) is 0 Å². The van der Waals surface area contributed by atoms with E-state index in [-0.39, 0.29) is 0 Å². The van der Waals surface area contributed by atoms with Crippen LogP contribution in [0.15, 0.2) is 46.9 Å². The summed E-state index contributed by atoms with van der Waals surface area (Å²) < 4.78 is 1.10. The highest BCUT2D eigenvalue weighted by molar-refractivity contribution is 9.10. The van der Waals surface area contributed by atoms with E-state index in [1.165, 1.54) is 11.1 Å². The molecule has 2 rings (SSSR count). The van der Waals surface area contributed by atoms with E-state index < -0.39 is 0 Å². The molecular formula is C15H14Br2ClN. The topological polar surface area (TPSA) is 3.24 Å². The van der Waals surface area contributed by atoms with Crippen LogP contribution in [0.3, 0.4) is 0 Å². The van der Waals surface area contributed by atoms with E-state index in [1.807, 2.05) is 18.2 Å². The second-order valence-corrected chi connectivity index (χ2v) is 6.29. The highest BCUT2D eigenvalue weighted by atomic mass is 79.9. The van der Waals surface area contributed by atoms with E-state index >= 15 is 0 Å². The number of benzene rings is 2. The summed E-state index contributed by atoms with van der Waals surface area (Å²) in [6.07, 6.45) is 0. The van der Waals surface area contributed by atoms with Gasteiger partial charge >= 0.3 is 0 Å². The molecule has 0 atom stereocenters. The predicted octanol–water partition coefficient (Wildman–Crippen LogP) is 5.63. The Morgan fingerprint density at radius 2 is 1.89 bits per heavy atom. The highest BCUT2D eigenvalue weighted by Crippen LogP contribution is 2.28. The molecule has 0 fully saturated rings. The third-order valence-electron chi connectivity index (χ3n) is 2.89. The monoisotopic (exact) mass is 401 g/mol. The molecule has 0 radical (unpaired) electrons. The van der Waals surface area contributed by atoms with E-state index in [4.69, 9.17) is 11.6 Å². The van der Waals surface area contributed by atoms with Crippen LogP contribution in [0.2, 0.25) is 5.02 Å². The maximum Gasteiger partial charge on any atom is 0.0642 e. The molecule has 19 heavy (non-hydrogen) atoms. The van der Waals surface area contributed by atoms with Gasteiger partial charge in [0.15, 0.2) is 0 Å². The molecule has 0 heterocycles. The molecule has 0 unspecified atom stereocenters. The van der Waals surface area contributed by atoms with E-state index in [9.17, 15) is 0 Å². The Labute approximate surface area is 135 Å². The highest BCUT2D eigenvalue weighted by Gasteiger charge is 2.07. The number of halogens is 3. The van der Waals surface area contributed by atoms with E-state index in [0.29, 0.717) is 0 Å². The van der Waals surface area contributed by atoms with E-state index in [1.54, 1.807) is 0 Å². The Hall–Kier alpha value is -0.510. The van der Waals surface area contributed by atoms with Crippen molar-refractivity contribution in [2.45, 2.75) is 11.9 Å². The average Bonchev–Trinajstić information content (AvgIpc) is 2.38. The van der Waals surface area contributed by atoms with Crippen LogP contribution in [0.25, 0.3) is 0 Å². The molecular weight excluding hydrogens is 389 g/mol. The third kappa shape index (κ3) is 3.98. The van der Waals surface area contributed by atoms with Gasteiger partial charge in [0.05, 0.1) is 10.7 Å². The largest absolute Gasteiger partial charge is 0.369 e. The van der Waals surface area contributed by atoms with Gasteiger partial charge in [0.1, 0.15) is 0 Å². The Balaban J connectivity index is 2.18. The van der Waals surface area contributed by atoms with Gasteiger partial charge in [0.2, 0.25) is 0 Å². The molecule has 0 spiro atoms. The van der Waals surface area contributed by atoms with Crippen molar-refractivity contribution in [2.75, 3.05) is 11.9 Å². The number of nitrogens with zero attached hydrogens (tertiary/aromatic N) is 1. The summed E-state index contributed by atoms with van der Waals surface area (Å²) in [6, 6.07) is 14.5. The van der Waals surface area contributed by atoms with Crippen molar-refractivity contribution < 1.29 is 0 Å². The SMILES string of the molecule is CN(Cc1cccc(Br)c1)c1ccc(CBr)cc1Cl. The summed E-state index contributed by atoms with van der Waals surface area (Å²) in [7, 11) is 2.05. The quantitative estimate of drug-likeness (QED) is 0.598. The van der Waals surface area contributed by atoms with Crippen LogP contribution >= 0.6 is 43.5 Å². The van der Waals surface area contributed by atoms with Crippen molar-refractivity contribution in [3.05, 3.63) is 63.1 Å². The smallest absolute Gasteiger partial charge is 0.0642 e. The van der Waals surface area contributed by atoms with Gasteiger partial charge in [-0.1, -0.05) is 61.7 Å². The maximum atomic E-state index is 6.33. The second-order valence-electron chi connectivity index (χ2n) is 4.41. The molecule has 2 aromatic carbocycles. The van der Waals surface area contributed by atoms with Gasteiger partial charge in [-0.15, -0.1) is 0 Å². The zero-order valence-electron chi connectivity index (χ0n) is 10.5. The molecule has 1 nitrogen and oxygen atoms in total. The third-order valence-corrected chi connectivity index (χ3v) is 4.33. The molecule has 0 aliphatic carbocycles. The minimum Gasteiger partial charge on any atom is -0.369 e. The fourth-order valence-electron chi connectivity index (χ4n) is 1.94. The molecule has 100 valence electrons. The number of hydrogen-bond acceptors (Lipinski definition) is 1. The van der Waals surface area contributed by atoms with Crippen LogP contribution in [0.5, 0.6) is 0 Å². The van der Waals surface area contributed by atoms with Crippen molar-refractivity contribution in [3.63, 3.8) is 0 Å². The van der Waals surface area contributed by atoms with Gasteiger partial charge in [0.25, 0.3) is 0 Å². The van der Waals surface area contributed by atoms with Crippen LogP contribution in [-0.2, 0) is 11.9 Å². The zero-order chi connectivity index (χ0) is 13.8. The lowest BCUT2D eigenvalue weighted by Crippen LogP contribution is -2.16. The lowest BCUT2D eigenvalue weighted by atomic mass is 10.2. The van der Waals surface area contributed by atoms with Gasteiger partial charge in [-0.25, -0.2) is 0 Å². The van der Waals surface area contributed by atoms with E-state index in [0.717, 1.165) is 27.1 Å². The minimum atomic E-state index is 0.787. The van der Waals surface area contributed by atoms with Gasteiger partial charge in [0, 0.05) is 23.4 Å². The predicted molar refractivity (Wildman–Crippen MR) is 90.3 cm³/mol. The maximum absolute atomic E-state index is 6.33. The zero-order valence-corrected chi connectivity index (χ0v) is 14.5. The summed E-state index contributed by atoms with van der Waals surface area (Å²) in [5.74, 6) is 0. The molecule has 0 N–H and O–H groups in total. The summed E-state index contributed by atoms with van der Waals surface area (Å²) in [5, 5.41) is 1.61. The van der Waals surface area contributed by atoms with Crippen molar-refractivity contribution in [1.29, 1.82) is 0 Å². The molecule has 0 aliphatic heterocycles. The summed E-state index contributed by atoms with van der Waals surface area (Å²) in [5.41, 5.74) is 3.48. The number of alkyl halides is 1. The van der Waals surface area contributed by atoms with Crippen molar-refractivity contribution in [2.24, 2.45) is 0 Å². The van der Waals surface area contributed by atoms with Gasteiger partial charge in [-0.2, -0.15) is 0 Å². The second kappa shape index (κ2) is 6.78. The van der Waals surface area contributed by atoms with E-state index in [2.05, 4.69) is 68.1 Å². The lowest BCUT2D eigenvalue weighted by Gasteiger charge is -2.21. The Morgan fingerprint density at radius 3 is 2.53 bits per heavy atom. The van der Waals surface area contributed by atoms with Gasteiger partial charge in [-0.3, -0.25) is 0 Å². The van der Waals surface area contributed by atoms with Gasteiger partial charge < -0.3 is 4.90 Å². The number of hydrogen-bond donors (Lipinski definition) is 0. The van der Waals surface area contributed by atoms with Gasteiger partial charge in [-0.05, 0) is 35.4 Å². The summed E-state index contributed by atoms with van der Waals surface area (Å²) >= 11 is 13.3. The van der Waals surface area contributed by atoms with Crippen LogP contribution < -0.4 is 4.90 Å². The molecule has 0 aliphatic rings. The Bertz CT molecular complexity index is 572. The standard InChI is InChI=1S/C15H14Br2ClN/c1-19(10-12-3-2-4-13(17)7-12)15-6-5-11(9-16)8-14(15)18/h2-8H,9-10H2,1H3. The van der Waals surface area contributed by atoms with Crippen molar-refractivity contribution in [1.82, 2.24) is 0 Å². The fraction of sp³-hybridized carbons (Fsp3) is 0.200. The molecule has 0 bridgehead atoms. The summed E-state index contributed by atoms with van der Waals surface area (Å²) in [6.45, 7) is 0.826. The first-order valence-electron chi connectivity index (χ1n) is 5.90. The lowest BCUT2D eigenvalue weighted by molar-refractivity contribution is 0.922. The first-order chi connectivity index (χ1) is 9.10. The van der Waals surface area contributed by atoms with Crippen LogP contribution in [-0.4, -0.2) is 7.05 Å². The normalized spacial score (nSPS) is 10.5. The molecule has 0 saturated heterocycles. The number of rotatable bonds is 4. The summed E-state index contributed by atoms with van der Waals surface area (Å²) in [4.78, 5) is 2.15. The van der Waals surface area contributed by atoms with Crippen LogP contribution in [0.1, 0.15) is 11.1 Å². The Kier molecular flexibility index (Phi) is 5.31. The molecule has 2 aromatic rings. The molecule has 4 heteroatoms. The molecule has 0 saturated carbocycles. The molecule has 0 aromatic heterocycles. The van der Waals surface area contributed by atoms with Crippen LogP contribution in [0.4, 0.5) is 5.69 Å². The first kappa shape index (κ1) is 14.9. The Morgan fingerprint density at radius 1 is 1.11 bits per heavy atom. The number of anilines is 1. The average molecular weight is 404 g/mol. The first-order valence-corrected chi connectivity index (χ1v) is 8.19.